The first-order valence-corrected chi connectivity index (χ1v) is 18.6. The number of pyridine rings is 1. The first-order chi connectivity index (χ1) is 24.5. The third-order valence-electron chi connectivity index (χ3n) is 8.83. The molecule has 0 bridgehead atoms. The molecule has 0 spiro atoms. The molecule has 0 radical (unpaired) electrons. The second-order valence-electron chi connectivity index (χ2n) is 15.6. The van der Waals surface area contributed by atoms with Gasteiger partial charge in [-0.2, -0.15) is 4.98 Å². The number of thiophene rings is 1. The number of nitrogens with zero attached hydrogens (tertiary/aromatic N) is 5. The molecule has 5 atom stereocenters. The molecule has 0 aromatic carbocycles. The highest BCUT2D eigenvalue weighted by Crippen LogP contribution is 2.34. The Kier molecular flexibility index (Phi) is 11.7. The maximum atomic E-state index is 14.5. The monoisotopic (exact) mass is 737 g/mol. The number of fused-ring (bicyclic) bond motifs is 1. The van der Waals surface area contributed by atoms with E-state index in [1.807, 2.05) is 38.3 Å². The number of likely N-dealkylation sites (tertiary alicyclic amines) is 1. The van der Waals surface area contributed by atoms with Gasteiger partial charge in [0, 0.05) is 24.2 Å². The highest BCUT2D eigenvalue weighted by Gasteiger charge is 2.47. The maximum Gasteiger partial charge on any atom is 0.315 e. The minimum absolute atomic E-state index is 0.0571. The molecule has 5 rings (SSSR count). The Balaban J connectivity index is 1.47. The fourth-order valence-electron chi connectivity index (χ4n) is 6.07. The van der Waals surface area contributed by atoms with Crippen LogP contribution in [-0.4, -0.2) is 102 Å². The van der Waals surface area contributed by atoms with E-state index in [-0.39, 0.29) is 36.4 Å². The van der Waals surface area contributed by atoms with Crippen LogP contribution in [0.1, 0.15) is 80.6 Å². The molecular formula is C36H49N8O7S-. The van der Waals surface area contributed by atoms with E-state index in [1.54, 1.807) is 46.0 Å². The molecule has 3 aromatic rings. The molecule has 15 nitrogen and oxygen atoms in total. The standard InChI is InChI=1S/C36H49N8O7S/c1-8-11-24(26(45)29(46)38-20-13-14-20)44(50)32(47)25-18-21(19-43(25)33(48)27(35(2,3)4)39-34(49)42-36(5,6)7)51-30-22-15-17-52-31(22)41-28(40-30)23-12-9-10-16-37-23/h9-10,12,15-17,20-21,24-27,45H,8,11,13-14,18-19H2,1-7H3,(H,38,46)(H2,39,42,49)/q-1/t21-,24+,25+,26?,27-/m1/s1. The van der Waals surface area contributed by atoms with Crippen molar-refractivity contribution in [1.29, 1.82) is 0 Å². The van der Waals surface area contributed by atoms with Gasteiger partial charge in [0.05, 0.1) is 18.0 Å². The number of hydroxylamine groups is 2. The predicted octanol–water partition coefficient (Wildman–Crippen LogP) is 3.75. The number of rotatable bonds is 12. The summed E-state index contributed by atoms with van der Waals surface area (Å²) in [5, 5.41) is 35.8. The molecule has 1 saturated carbocycles. The zero-order valence-electron chi connectivity index (χ0n) is 30.7. The Morgan fingerprint density at radius 2 is 1.85 bits per heavy atom. The number of carbonyl (C=O) groups is 4. The van der Waals surface area contributed by atoms with Gasteiger partial charge in [-0.05, 0) is 69.0 Å². The predicted molar refractivity (Wildman–Crippen MR) is 196 cm³/mol. The molecule has 1 unspecified atom stereocenters. The van der Waals surface area contributed by atoms with Crippen LogP contribution in [0.25, 0.3) is 21.7 Å². The van der Waals surface area contributed by atoms with Crippen molar-refractivity contribution in [2.45, 2.75) is 122 Å². The van der Waals surface area contributed by atoms with Crippen LogP contribution < -0.4 is 20.7 Å². The van der Waals surface area contributed by atoms with E-state index in [0.29, 0.717) is 28.2 Å². The van der Waals surface area contributed by atoms with E-state index < -0.39 is 65.0 Å². The quantitative estimate of drug-likeness (QED) is 0.198. The lowest BCUT2D eigenvalue weighted by Crippen LogP contribution is -2.61. The fourth-order valence-corrected chi connectivity index (χ4v) is 6.82. The molecule has 3 aromatic heterocycles. The third kappa shape index (κ3) is 9.33. The maximum absolute atomic E-state index is 14.5. The van der Waals surface area contributed by atoms with Gasteiger partial charge in [0.25, 0.3) is 5.91 Å². The van der Waals surface area contributed by atoms with Crippen molar-refractivity contribution >= 4 is 45.3 Å². The molecule has 282 valence electrons. The minimum Gasteiger partial charge on any atom is -0.756 e. The molecular weight excluding hydrogens is 689 g/mol. The Morgan fingerprint density at radius 1 is 1.12 bits per heavy atom. The Bertz CT molecular complexity index is 1750. The molecule has 2 fully saturated rings. The molecule has 5 amide bonds. The van der Waals surface area contributed by atoms with Gasteiger partial charge in [0.1, 0.15) is 28.7 Å². The largest absolute Gasteiger partial charge is 0.756 e. The van der Waals surface area contributed by atoms with Gasteiger partial charge >= 0.3 is 6.03 Å². The highest BCUT2D eigenvalue weighted by molar-refractivity contribution is 7.16. The fraction of sp³-hybridized carbons (Fsp3) is 0.583. The van der Waals surface area contributed by atoms with Crippen LogP contribution in [-0.2, 0) is 14.4 Å². The molecule has 2 aliphatic rings. The topological polar surface area (TPSA) is 202 Å². The van der Waals surface area contributed by atoms with E-state index in [1.165, 1.54) is 16.2 Å². The van der Waals surface area contributed by atoms with Gasteiger partial charge in [-0.3, -0.25) is 19.4 Å². The van der Waals surface area contributed by atoms with Crippen molar-refractivity contribution < 1.29 is 29.0 Å². The normalized spacial score (nSPS) is 19.4. The molecule has 1 aliphatic heterocycles. The summed E-state index contributed by atoms with van der Waals surface area (Å²) in [6.07, 6.45) is 0.991. The van der Waals surface area contributed by atoms with Gasteiger partial charge in [-0.15, -0.1) is 11.3 Å². The van der Waals surface area contributed by atoms with Gasteiger partial charge in [-0.25, -0.2) is 9.78 Å². The van der Waals surface area contributed by atoms with Crippen molar-refractivity contribution in [3.05, 3.63) is 41.0 Å². The lowest BCUT2D eigenvalue weighted by Gasteiger charge is -2.42. The number of aliphatic hydroxyl groups excluding tert-OH is 1. The Hall–Kier alpha value is -4.41. The smallest absolute Gasteiger partial charge is 0.315 e. The number of hydrogen-bond donors (Lipinski definition) is 4. The van der Waals surface area contributed by atoms with Crippen molar-refractivity contribution in [3.63, 3.8) is 0 Å². The lowest BCUT2D eigenvalue weighted by atomic mass is 9.85. The number of aromatic nitrogens is 3. The van der Waals surface area contributed by atoms with Crippen molar-refractivity contribution in [2.75, 3.05) is 6.54 Å². The number of ether oxygens (including phenoxy) is 1. The summed E-state index contributed by atoms with van der Waals surface area (Å²) in [6.45, 7) is 12.4. The molecule has 52 heavy (non-hydrogen) atoms. The van der Waals surface area contributed by atoms with Crippen LogP contribution in [0.4, 0.5) is 4.79 Å². The van der Waals surface area contributed by atoms with Crippen LogP contribution in [0.2, 0.25) is 0 Å². The highest BCUT2D eigenvalue weighted by atomic mass is 32.1. The zero-order valence-corrected chi connectivity index (χ0v) is 31.5. The van der Waals surface area contributed by atoms with E-state index in [9.17, 15) is 29.5 Å². The van der Waals surface area contributed by atoms with E-state index in [0.717, 1.165) is 12.8 Å². The second-order valence-corrected chi connectivity index (χ2v) is 16.5. The third-order valence-corrected chi connectivity index (χ3v) is 9.64. The minimum atomic E-state index is -1.76. The number of hydrogen-bond acceptors (Lipinski definition) is 11. The van der Waals surface area contributed by atoms with Crippen LogP contribution >= 0.6 is 11.3 Å². The Labute approximate surface area is 307 Å². The summed E-state index contributed by atoms with van der Waals surface area (Å²) in [5.74, 6) is -1.75. The molecule has 1 saturated heterocycles. The van der Waals surface area contributed by atoms with E-state index >= 15 is 0 Å². The summed E-state index contributed by atoms with van der Waals surface area (Å²) in [5.41, 5.74) is -0.881. The average Bonchev–Trinajstić information content (AvgIpc) is 3.58. The first-order valence-electron chi connectivity index (χ1n) is 17.7. The van der Waals surface area contributed by atoms with Crippen LogP contribution in [0.5, 0.6) is 5.88 Å². The lowest BCUT2D eigenvalue weighted by molar-refractivity contribution is -0.148. The van der Waals surface area contributed by atoms with Crippen molar-refractivity contribution in [3.8, 4) is 17.4 Å². The van der Waals surface area contributed by atoms with Gasteiger partial charge in [0.2, 0.25) is 17.7 Å². The van der Waals surface area contributed by atoms with Crippen LogP contribution in [0.3, 0.4) is 0 Å². The summed E-state index contributed by atoms with van der Waals surface area (Å²) < 4.78 is 6.45. The molecule has 1 aliphatic carbocycles. The van der Waals surface area contributed by atoms with Gasteiger partial charge in [0.15, 0.2) is 11.9 Å². The van der Waals surface area contributed by atoms with Gasteiger partial charge < -0.3 is 41.0 Å². The zero-order chi connectivity index (χ0) is 38.0. The number of aliphatic hydroxyl groups is 1. The summed E-state index contributed by atoms with van der Waals surface area (Å²) in [6, 6.07) is 2.73. The van der Waals surface area contributed by atoms with Crippen molar-refractivity contribution in [1.82, 2.24) is 40.9 Å². The van der Waals surface area contributed by atoms with Crippen LogP contribution in [0.15, 0.2) is 35.8 Å². The Morgan fingerprint density at radius 3 is 2.46 bits per heavy atom. The SMILES string of the molecule is CCC[C@@H](C(O)C(=O)NC1CC1)N([O-])C(=O)[C@@H]1C[C@@H](Oc2nc(-c3ccccn3)nc3sccc23)CN1C(=O)[C@@H](NC(=O)NC(C)(C)C)C(C)(C)C. The van der Waals surface area contributed by atoms with Gasteiger partial charge in [-0.1, -0.05) is 40.2 Å². The average molecular weight is 738 g/mol. The first kappa shape index (κ1) is 38.8. The van der Waals surface area contributed by atoms with E-state index in [4.69, 9.17) is 4.74 Å². The number of carbonyl (C=O) groups excluding carboxylic acids is 4. The molecule has 4 heterocycles. The van der Waals surface area contributed by atoms with Crippen molar-refractivity contribution in [2.24, 2.45) is 5.41 Å². The summed E-state index contributed by atoms with van der Waals surface area (Å²) >= 11 is 1.39. The summed E-state index contributed by atoms with van der Waals surface area (Å²) in [4.78, 5) is 70.2. The molecule has 4 N–H and O–H groups in total. The summed E-state index contributed by atoms with van der Waals surface area (Å²) in [7, 11) is 0. The second kappa shape index (κ2) is 15.7. The number of nitrogens with one attached hydrogen (secondary N) is 3. The number of amides is 5. The van der Waals surface area contributed by atoms with Crippen LogP contribution in [0, 0.1) is 10.6 Å². The number of urea groups is 1. The van der Waals surface area contributed by atoms with E-state index in [2.05, 4.69) is 30.9 Å². The molecule has 16 heteroatoms.